The minimum Gasteiger partial charge on any atom is -0.355 e. The number of carbonyl (C=O) groups is 3. The van der Waals surface area contributed by atoms with Gasteiger partial charge in [-0.1, -0.05) is 0 Å². The molecule has 0 aromatic carbocycles. The Labute approximate surface area is 184 Å². The van der Waals surface area contributed by atoms with E-state index in [2.05, 4.69) is 20.7 Å². The highest BCUT2D eigenvalue weighted by Gasteiger charge is 2.37. The normalized spacial score (nSPS) is 17.7. The van der Waals surface area contributed by atoms with Gasteiger partial charge < -0.3 is 20.9 Å². The highest BCUT2D eigenvalue weighted by atomic mass is 19.4. The van der Waals surface area contributed by atoms with Crippen molar-refractivity contribution in [1.82, 2.24) is 25.0 Å². The van der Waals surface area contributed by atoms with Gasteiger partial charge in [-0.2, -0.15) is 18.3 Å². The highest BCUT2D eigenvalue weighted by molar-refractivity contribution is 6.03. The number of hydrogen-bond donors (Lipinski definition) is 3. The number of nitrogens with one attached hydrogen (secondary N) is 3. The quantitative estimate of drug-likeness (QED) is 0.612. The summed E-state index contributed by atoms with van der Waals surface area (Å²) in [6.07, 6.45) is -0.881. The first-order chi connectivity index (χ1) is 16.3. The molecule has 3 amide bonds. The average molecular weight is 454 g/mol. The van der Waals surface area contributed by atoms with Crippen molar-refractivity contribution in [1.29, 1.82) is 0 Å². The fraction of sp³-hybridized carbons (Fsp3) is 0.421. The van der Waals surface area contributed by atoms with E-state index in [1.165, 1.54) is 16.9 Å². The van der Waals surface area contributed by atoms with E-state index in [9.17, 15) is 27.6 Å². The number of amides is 3. The highest BCUT2D eigenvalue weighted by Crippen LogP contribution is 2.32. The summed E-state index contributed by atoms with van der Waals surface area (Å²) in [6, 6.07) is 1.26. The Morgan fingerprint density at radius 3 is 2.72 bits per heavy atom. The molecule has 13 heteroatoms. The number of carbonyl (C=O) groups excluding carboxylic acids is 3. The van der Waals surface area contributed by atoms with Crippen LogP contribution in [0.2, 0.25) is 0 Å². The van der Waals surface area contributed by atoms with E-state index in [-0.39, 0.29) is 53.4 Å². The summed E-state index contributed by atoms with van der Waals surface area (Å²) in [5.41, 5.74) is -0.441. The molecule has 2 aromatic heterocycles. The van der Waals surface area contributed by atoms with E-state index in [4.69, 9.17) is 4.11 Å². The van der Waals surface area contributed by atoms with Crippen LogP contribution < -0.4 is 16.0 Å². The van der Waals surface area contributed by atoms with Gasteiger partial charge in [0.15, 0.2) is 0 Å². The van der Waals surface area contributed by atoms with Gasteiger partial charge in [-0.3, -0.25) is 19.1 Å². The van der Waals surface area contributed by atoms with E-state index in [0.717, 1.165) is 19.0 Å². The topological polar surface area (TPSA) is 121 Å². The molecule has 3 heterocycles. The number of fused-ring (bicyclic) bond motifs is 1. The molecule has 32 heavy (non-hydrogen) atoms. The van der Waals surface area contributed by atoms with E-state index >= 15 is 0 Å². The molecule has 3 N–H and O–H groups in total. The molecule has 2 aromatic rings. The molecule has 0 atom stereocenters. The van der Waals surface area contributed by atoms with E-state index in [1.807, 2.05) is 5.32 Å². The first kappa shape index (κ1) is 18.0. The predicted octanol–water partition coefficient (Wildman–Crippen LogP) is 1.75. The molecule has 1 aliphatic heterocycles. The first-order valence-electron chi connectivity index (χ1n) is 11.1. The van der Waals surface area contributed by atoms with Crippen molar-refractivity contribution in [3.63, 3.8) is 0 Å². The smallest absolute Gasteiger partial charge is 0.355 e. The zero-order valence-corrected chi connectivity index (χ0v) is 16.5. The van der Waals surface area contributed by atoms with Crippen LogP contribution in [0.1, 0.15) is 37.8 Å². The predicted molar refractivity (Wildman–Crippen MR) is 106 cm³/mol. The van der Waals surface area contributed by atoms with Crippen LogP contribution in [0.3, 0.4) is 0 Å². The number of rotatable bonds is 6. The Hall–Kier alpha value is -3.64. The third-order valence-corrected chi connectivity index (χ3v) is 5.01. The van der Waals surface area contributed by atoms with E-state index in [0.29, 0.717) is 4.90 Å². The van der Waals surface area contributed by atoms with Crippen molar-refractivity contribution < 1.29 is 31.7 Å². The van der Waals surface area contributed by atoms with Gasteiger partial charge in [0.25, 0.3) is 11.8 Å². The van der Waals surface area contributed by atoms with Crippen LogP contribution >= 0.6 is 0 Å². The molecule has 0 radical (unpaired) electrons. The van der Waals surface area contributed by atoms with Crippen LogP contribution in [0.5, 0.6) is 0 Å². The average Bonchev–Trinajstić information content (AvgIpc) is 3.50. The van der Waals surface area contributed by atoms with Crippen LogP contribution in [-0.4, -0.2) is 63.6 Å². The summed E-state index contributed by atoms with van der Waals surface area (Å²) < 4.78 is 61.7. The third kappa shape index (κ3) is 4.50. The summed E-state index contributed by atoms with van der Waals surface area (Å²) in [5, 5.41) is 11.2. The summed E-state index contributed by atoms with van der Waals surface area (Å²) in [6.45, 7) is -4.41. The molecule has 0 spiro atoms. The van der Waals surface area contributed by atoms with Crippen molar-refractivity contribution in [2.45, 2.75) is 25.6 Å². The SMILES string of the molecule is [2H]C([2H])([2H])NC(=O)c1cnc(NC(=O)C2CC2)cc1Nc1cnn2c1C(=O)N(CC(F)(F)F)CC2. The molecular weight excluding hydrogens is 431 g/mol. The molecule has 170 valence electrons. The first-order valence-corrected chi connectivity index (χ1v) is 9.63. The molecule has 1 aliphatic carbocycles. The maximum atomic E-state index is 12.9. The number of anilines is 3. The lowest BCUT2D eigenvalue weighted by Gasteiger charge is -2.28. The Morgan fingerprint density at radius 2 is 2.03 bits per heavy atom. The molecule has 1 saturated carbocycles. The van der Waals surface area contributed by atoms with Crippen molar-refractivity contribution in [3.05, 3.63) is 29.7 Å². The van der Waals surface area contributed by atoms with Gasteiger partial charge in [0, 0.05) is 35.8 Å². The van der Waals surface area contributed by atoms with Crippen molar-refractivity contribution in [2.75, 3.05) is 30.7 Å². The fourth-order valence-electron chi connectivity index (χ4n) is 3.30. The summed E-state index contributed by atoms with van der Waals surface area (Å²) in [5.74, 6) is -2.30. The van der Waals surface area contributed by atoms with Crippen molar-refractivity contribution in [3.8, 4) is 0 Å². The second kappa shape index (κ2) is 8.13. The second-order valence-corrected chi connectivity index (χ2v) is 7.43. The van der Waals surface area contributed by atoms with Crippen LogP contribution in [0.4, 0.5) is 30.4 Å². The van der Waals surface area contributed by atoms with E-state index < -0.39 is 31.5 Å². The molecule has 0 bridgehead atoms. The van der Waals surface area contributed by atoms with Crippen molar-refractivity contribution in [2.24, 2.45) is 5.92 Å². The lowest BCUT2D eigenvalue weighted by Crippen LogP contribution is -2.45. The van der Waals surface area contributed by atoms with Crippen LogP contribution in [0.15, 0.2) is 18.5 Å². The molecular formula is C19H20F3N7O3. The van der Waals surface area contributed by atoms with Crippen LogP contribution in [0.25, 0.3) is 0 Å². The Bertz CT molecular complexity index is 1180. The zero-order valence-electron chi connectivity index (χ0n) is 19.5. The molecule has 1 fully saturated rings. The Morgan fingerprint density at radius 1 is 1.25 bits per heavy atom. The maximum absolute atomic E-state index is 12.9. The van der Waals surface area contributed by atoms with E-state index in [1.54, 1.807) is 0 Å². The zero-order chi connectivity index (χ0) is 25.5. The fourth-order valence-corrected chi connectivity index (χ4v) is 3.30. The number of halogens is 3. The lowest BCUT2D eigenvalue weighted by atomic mass is 10.2. The Balaban J connectivity index is 1.66. The standard InChI is InChI=1S/C19H20F3N7O3/c1-23-17(31)11-7-24-14(27-16(30)10-2-3-10)6-12(11)26-13-8-25-29-5-4-28(9-19(20,21)22)18(32)15(13)29/h6-8,10H,2-5,9H2,1H3,(H,23,31)(H2,24,26,27,30)/i1D3. The van der Waals surface area contributed by atoms with Gasteiger partial charge in [-0.05, 0) is 12.8 Å². The third-order valence-electron chi connectivity index (χ3n) is 5.01. The number of alkyl halides is 3. The molecule has 4 rings (SSSR count). The van der Waals surface area contributed by atoms with Gasteiger partial charge in [0.05, 0.1) is 29.7 Å². The minimum absolute atomic E-state index is 0.00419. The largest absolute Gasteiger partial charge is 0.406 e. The number of nitrogens with zero attached hydrogens (tertiary/aromatic N) is 4. The monoisotopic (exact) mass is 454 g/mol. The van der Waals surface area contributed by atoms with Gasteiger partial charge in [-0.15, -0.1) is 0 Å². The summed E-state index contributed by atoms with van der Waals surface area (Å²) in [4.78, 5) is 42.1. The minimum atomic E-state index is -4.59. The molecule has 0 unspecified atom stereocenters. The van der Waals surface area contributed by atoms with Gasteiger partial charge >= 0.3 is 6.18 Å². The second-order valence-electron chi connectivity index (χ2n) is 7.43. The van der Waals surface area contributed by atoms with Gasteiger partial charge in [0.1, 0.15) is 18.1 Å². The van der Waals surface area contributed by atoms with Gasteiger partial charge in [0.2, 0.25) is 5.91 Å². The number of pyridine rings is 1. The summed E-state index contributed by atoms with van der Waals surface area (Å²) in [7, 11) is 0. The van der Waals surface area contributed by atoms with Crippen LogP contribution in [0, 0.1) is 5.92 Å². The number of aromatic nitrogens is 3. The molecule has 10 nitrogen and oxygen atoms in total. The van der Waals surface area contributed by atoms with Gasteiger partial charge in [-0.25, -0.2) is 4.98 Å². The van der Waals surface area contributed by atoms with Crippen molar-refractivity contribution >= 4 is 34.9 Å². The molecule has 2 aliphatic rings. The molecule has 0 saturated heterocycles. The number of hydrogen-bond acceptors (Lipinski definition) is 6. The lowest BCUT2D eigenvalue weighted by molar-refractivity contribution is -0.141. The van der Waals surface area contributed by atoms with Crippen LogP contribution in [-0.2, 0) is 11.3 Å². The maximum Gasteiger partial charge on any atom is 0.406 e. The summed E-state index contributed by atoms with van der Waals surface area (Å²) >= 11 is 0. The Kier molecular flexibility index (Phi) is 4.57.